The molecule has 2 aromatic heterocycles. The van der Waals surface area contributed by atoms with Gasteiger partial charge in [-0.05, 0) is 43.0 Å². The lowest BCUT2D eigenvalue weighted by Gasteiger charge is -2.27. The van der Waals surface area contributed by atoms with Crippen LogP contribution in [0.3, 0.4) is 0 Å². The first-order valence-corrected chi connectivity index (χ1v) is 12.3. The lowest BCUT2D eigenvalue weighted by Crippen LogP contribution is -2.51. The first kappa shape index (κ1) is 24.1. The van der Waals surface area contributed by atoms with Crippen LogP contribution in [0.4, 0.5) is 0 Å². The first-order valence-electron chi connectivity index (χ1n) is 12.3. The second kappa shape index (κ2) is 11.0. The van der Waals surface area contributed by atoms with E-state index in [1.54, 1.807) is 24.5 Å². The van der Waals surface area contributed by atoms with Crippen LogP contribution < -0.4 is 10.6 Å². The lowest BCUT2D eigenvalue weighted by molar-refractivity contribution is -0.139. The molecule has 0 spiro atoms. The SMILES string of the molecule is O=C(NC1CCC1)C(=O)[C@@H](Cc1ccccc1)NC(=O)c1cccnc1-n1ccc(-c2ccccc2)n1. The third-order valence-corrected chi connectivity index (χ3v) is 6.48. The molecule has 5 rings (SSSR count). The number of amides is 2. The number of hydrogen-bond acceptors (Lipinski definition) is 5. The van der Waals surface area contributed by atoms with Crippen molar-refractivity contribution in [2.45, 2.75) is 37.8 Å². The maximum Gasteiger partial charge on any atom is 0.289 e. The van der Waals surface area contributed by atoms with Crippen LogP contribution in [0.1, 0.15) is 35.2 Å². The molecular formula is C29H27N5O3. The van der Waals surface area contributed by atoms with E-state index in [9.17, 15) is 14.4 Å². The normalized spacial score (nSPS) is 13.8. The van der Waals surface area contributed by atoms with Crippen LogP contribution in [-0.4, -0.2) is 44.4 Å². The monoisotopic (exact) mass is 493 g/mol. The molecule has 1 aliphatic rings. The van der Waals surface area contributed by atoms with Gasteiger partial charge in [0.05, 0.1) is 11.3 Å². The predicted octanol–water partition coefficient (Wildman–Crippen LogP) is 3.51. The molecule has 8 heteroatoms. The smallest absolute Gasteiger partial charge is 0.289 e. The van der Waals surface area contributed by atoms with Gasteiger partial charge in [0.2, 0.25) is 5.78 Å². The summed E-state index contributed by atoms with van der Waals surface area (Å²) in [5, 5.41) is 10.2. The quantitative estimate of drug-likeness (QED) is 0.347. The third kappa shape index (κ3) is 5.64. The van der Waals surface area contributed by atoms with E-state index in [2.05, 4.69) is 20.7 Å². The Bertz CT molecular complexity index is 1400. The van der Waals surface area contributed by atoms with Crippen molar-refractivity contribution in [3.8, 4) is 17.1 Å². The van der Waals surface area contributed by atoms with E-state index >= 15 is 0 Å². The van der Waals surface area contributed by atoms with E-state index in [4.69, 9.17) is 0 Å². The molecule has 0 saturated heterocycles. The van der Waals surface area contributed by atoms with Gasteiger partial charge in [-0.3, -0.25) is 14.4 Å². The fraction of sp³-hybridized carbons (Fsp3) is 0.207. The van der Waals surface area contributed by atoms with Crippen molar-refractivity contribution in [1.29, 1.82) is 0 Å². The average molecular weight is 494 g/mol. The number of rotatable bonds is 9. The van der Waals surface area contributed by atoms with Gasteiger partial charge in [0, 0.05) is 30.4 Å². The summed E-state index contributed by atoms with van der Waals surface area (Å²) in [5.41, 5.74) is 2.76. The largest absolute Gasteiger partial charge is 0.347 e. The highest BCUT2D eigenvalue weighted by Gasteiger charge is 2.31. The van der Waals surface area contributed by atoms with Crippen molar-refractivity contribution >= 4 is 17.6 Å². The zero-order valence-corrected chi connectivity index (χ0v) is 20.2. The van der Waals surface area contributed by atoms with E-state index in [-0.39, 0.29) is 18.0 Å². The maximum atomic E-state index is 13.5. The van der Waals surface area contributed by atoms with E-state index < -0.39 is 23.6 Å². The number of hydrogen-bond donors (Lipinski definition) is 2. The minimum Gasteiger partial charge on any atom is -0.347 e. The highest BCUT2D eigenvalue weighted by molar-refractivity contribution is 6.38. The van der Waals surface area contributed by atoms with Crippen LogP contribution in [0.15, 0.2) is 91.3 Å². The van der Waals surface area contributed by atoms with Crippen LogP contribution in [-0.2, 0) is 16.0 Å². The van der Waals surface area contributed by atoms with Gasteiger partial charge in [0.25, 0.3) is 11.8 Å². The summed E-state index contributed by atoms with van der Waals surface area (Å²) in [4.78, 5) is 43.7. The number of carbonyl (C=O) groups excluding carboxylic acids is 3. The number of Topliss-reactive ketones (excluding diaryl/α,β-unsaturated/α-hetero) is 1. The van der Waals surface area contributed by atoms with Crippen molar-refractivity contribution in [2.75, 3.05) is 0 Å². The molecular weight excluding hydrogens is 466 g/mol. The molecule has 0 radical (unpaired) electrons. The summed E-state index contributed by atoms with van der Waals surface area (Å²) in [6.07, 6.45) is 6.27. The Morgan fingerprint density at radius 1 is 0.919 bits per heavy atom. The number of ketones is 1. The van der Waals surface area contributed by atoms with Gasteiger partial charge in [-0.25, -0.2) is 9.67 Å². The van der Waals surface area contributed by atoms with Crippen molar-refractivity contribution in [1.82, 2.24) is 25.4 Å². The molecule has 1 atom stereocenters. The first-order chi connectivity index (χ1) is 18.1. The van der Waals surface area contributed by atoms with Crippen molar-refractivity contribution < 1.29 is 14.4 Å². The minimum atomic E-state index is -1.03. The maximum absolute atomic E-state index is 13.5. The predicted molar refractivity (Wildman–Crippen MR) is 139 cm³/mol. The van der Waals surface area contributed by atoms with E-state index in [0.29, 0.717) is 5.82 Å². The number of pyridine rings is 1. The van der Waals surface area contributed by atoms with Gasteiger partial charge in [-0.15, -0.1) is 0 Å². The second-order valence-electron chi connectivity index (χ2n) is 9.07. The third-order valence-electron chi connectivity index (χ3n) is 6.48. The van der Waals surface area contributed by atoms with Crippen molar-refractivity contribution in [3.63, 3.8) is 0 Å². The zero-order chi connectivity index (χ0) is 25.6. The Kier molecular flexibility index (Phi) is 7.16. The number of carbonyl (C=O) groups is 3. The van der Waals surface area contributed by atoms with E-state index in [0.717, 1.165) is 36.1 Å². The highest BCUT2D eigenvalue weighted by Crippen LogP contribution is 2.20. The number of aromatic nitrogens is 3. The molecule has 2 heterocycles. The van der Waals surface area contributed by atoms with Gasteiger partial charge in [-0.1, -0.05) is 60.7 Å². The molecule has 1 saturated carbocycles. The number of benzene rings is 2. The summed E-state index contributed by atoms with van der Waals surface area (Å²) < 4.78 is 1.54. The van der Waals surface area contributed by atoms with Gasteiger partial charge in [0.1, 0.15) is 6.04 Å². The average Bonchev–Trinajstić information content (AvgIpc) is 3.41. The Morgan fingerprint density at radius 3 is 2.35 bits per heavy atom. The van der Waals surface area contributed by atoms with Crippen LogP contribution in [0, 0.1) is 0 Å². The minimum absolute atomic E-state index is 0.0214. The molecule has 0 bridgehead atoms. The van der Waals surface area contributed by atoms with Crippen LogP contribution in [0.25, 0.3) is 17.1 Å². The molecule has 37 heavy (non-hydrogen) atoms. The molecule has 1 aliphatic carbocycles. The fourth-order valence-corrected chi connectivity index (χ4v) is 4.22. The molecule has 1 fully saturated rings. The molecule has 186 valence electrons. The Balaban J connectivity index is 1.39. The zero-order valence-electron chi connectivity index (χ0n) is 20.2. The highest BCUT2D eigenvalue weighted by atomic mass is 16.2. The van der Waals surface area contributed by atoms with Crippen LogP contribution in [0.2, 0.25) is 0 Å². The Labute approximate surface area is 214 Å². The molecule has 2 amide bonds. The fourth-order valence-electron chi connectivity index (χ4n) is 4.22. The standard InChI is InChI=1S/C29H27N5O3/c35-26(29(37)31-22-13-7-14-22)25(19-20-9-3-1-4-10-20)32-28(36)23-15-8-17-30-27(23)34-18-16-24(33-34)21-11-5-2-6-12-21/h1-6,8-12,15-18,22,25H,7,13-14,19H2,(H,31,37)(H,32,36)/t25-/m1/s1. The van der Waals surface area contributed by atoms with E-state index in [1.165, 1.54) is 4.68 Å². The van der Waals surface area contributed by atoms with Gasteiger partial charge < -0.3 is 10.6 Å². The summed E-state index contributed by atoms with van der Waals surface area (Å²) in [5.74, 6) is -1.52. The molecule has 0 aliphatic heterocycles. The summed E-state index contributed by atoms with van der Waals surface area (Å²) >= 11 is 0. The van der Waals surface area contributed by atoms with E-state index in [1.807, 2.05) is 66.7 Å². The van der Waals surface area contributed by atoms with Gasteiger partial charge in [0.15, 0.2) is 5.82 Å². The van der Waals surface area contributed by atoms with Gasteiger partial charge in [-0.2, -0.15) is 5.10 Å². The Morgan fingerprint density at radius 2 is 1.65 bits per heavy atom. The molecule has 2 aromatic carbocycles. The van der Waals surface area contributed by atoms with Crippen molar-refractivity contribution in [2.24, 2.45) is 0 Å². The molecule has 8 nitrogen and oxygen atoms in total. The summed E-state index contributed by atoms with van der Waals surface area (Å²) in [7, 11) is 0. The lowest BCUT2D eigenvalue weighted by atomic mass is 9.92. The number of nitrogens with zero attached hydrogens (tertiary/aromatic N) is 3. The summed E-state index contributed by atoms with van der Waals surface area (Å²) in [6.45, 7) is 0. The topological polar surface area (TPSA) is 106 Å². The number of nitrogens with one attached hydrogen (secondary N) is 2. The molecule has 2 N–H and O–H groups in total. The van der Waals surface area contributed by atoms with Gasteiger partial charge >= 0.3 is 0 Å². The van der Waals surface area contributed by atoms with Crippen LogP contribution in [0.5, 0.6) is 0 Å². The summed E-state index contributed by atoms with van der Waals surface area (Å²) in [6, 6.07) is 23.1. The Hall–Kier alpha value is -4.59. The molecule has 0 unspecified atom stereocenters. The van der Waals surface area contributed by atoms with Crippen molar-refractivity contribution in [3.05, 3.63) is 102 Å². The second-order valence-corrected chi connectivity index (χ2v) is 9.07. The van der Waals surface area contributed by atoms with Crippen LogP contribution >= 0.6 is 0 Å². The molecule has 4 aromatic rings.